The van der Waals surface area contributed by atoms with Crippen molar-refractivity contribution < 1.29 is 67.4 Å². The Bertz CT molecular complexity index is 1340. The number of aryl methyl sites for hydroxylation is 8. The molecule has 0 aliphatic carbocycles. The van der Waals surface area contributed by atoms with Crippen LogP contribution in [0.2, 0.25) is 0 Å². The second-order valence-corrected chi connectivity index (χ2v) is 13.6. The predicted octanol–water partition coefficient (Wildman–Crippen LogP) is 10.3. The smallest absolute Gasteiger partial charge is 2.00 e. The number of hydrogen-bond acceptors (Lipinski definition) is 5. The van der Waals surface area contributed by atoms with Crippen LogP contribution in [-0.4, -0.2) is 40.0 Å². The van der Waals surface area contributed by atoms with Gasteiger partial charge in [-0.2, -0.15) is 20.4 Å². The van der Waals surface area contributed by atoms with Crippen molar-refractivity contribution in [2.45, 2.75) is 68.7 Å². The average molecular weight is 779 g/mol. The maximum Gasteiger partial charge on any atom is 2.00 e. The molecule has 24 heteroatoms. The molecule has 0 aromatic carbocycles. The van der Waals surface area contributed by atoms with E-state index in [2.05, 4.69) is 61.9 Å². The minimum absolute atomic E-state index is 0. The van der Waals surface area contributed by atoms with Gasteiger partial charge in [-0.25, -0.2) is 0 Å². The average Bonchev–Trinajstić information content (AvgIpc) is 3.49. The minimum Gasteiger partial charge on any atom is 2.00 e. The summed E-state index contributed by atoms with van der Waals surface area (Å²) in [6.45, 7) is 17.4. The summed E-state index contributed by atoms with van der Waals surface area (Å²) in [5.74, 6) is 0. The van der Waals surface area contributed by atoms with Gasteiger partial charge in [0.25, 0.3) is 0 Å². The van der Waals surface area contributed by atoms with E-state index in [0.717, 1.165) is 34.2 Å². The molecule has 0 atom stereocenters. The zero-order chi connectivity index (χ0) is 35.8. The van der Waals surface area contributed by atoms with Crippen LogP contribution < -0.4 is 5.32 Å². The molecule has 0 saturated heterocycles. The van der Waals surface area contributed by atoms with Gasteiger partial charge in [0.05, 0.1) is 36.1 Å². The zero-order valence-corrected chi connectivity index (χ0v) is 28.4. The first kappa shape index (κ1) is 45.5. The molecule has 0 aliphatic rings. The van der Waals surface area contributed by atoms with Gasteiger partial charge in [0.1, 0.15) is 0 Å². The van der Waals surface area contributed by atoms with Crippen LogP contribution in [0, 0.1) is 55.4 Å². The minimum atomic E-state index is -10.7. The molecule has 0 bridgehead atoms. The van der Waals surface area contributed by atoms with E-state index in [4.69, 9.17) is 0 Å². The molecular weight excluding hydrogens is 744 g/mol. The molecule has 9 nitrogen and oxygen atoms in total. The summed E-state index contributed by atoms with van der Waals surface area (Å²) in [7, 11) is -21.3. The van der Waals surface area contributed by atoms with E-state index < -0.39 is 15.6 Å². The molecule has 46 heavy (non-hydrogen) atoms. The third-order valence-corrected chi connectivity index (χ3v) is 4.40. The Hall–Kier alpha value is -2.66. The van der Waals surface area contributed by atoms with Gasteiger partial charge in [0, 0.05) is 22.8 Å². The van der Waals surface area contributed by atoms with Crippen LogP contribution in [-0.2, 0) is 30.4 Å². The van der Waals surface area contributed by atoms with Crippen molar-refractivity contribution >= 4 is 15.6 Å². The third kappa shape index (κ3) is 32.7. The van der Waals surface area contributed by atoms with Crippen molar-refractivity contribution in [1.82, 2.24) is 45.3 Å². The summed E-state index contributed by atoms with van der Waals surface area (Å²) in [5.41, 5.74) is 8.79. The molecule has 0 aliphatic heterocycles. The molecule has 0 amide bonds. The number of aromatic amines is 2. The summed E-state index contributed by atoms with van der Waals surface area (Å²) < 4.78 is 122. The maximum atomic E-state index is 9.87. The monoisotopic (exact) mass is 778 g/mol. The molecule has 4 heterocycles. The molecule has 0 spiro atoms. The van der Waals surface area contributed by atoms with Crippen LogP contribution in [0.5, 0.6) is 0 Å². The van der Waals surface area contributed by atoms with Gasteiger partial charge in [-0.3, -0.25) is 24.9 Å². The van der Waals surface area contributed by atoms with Crippen LogP contribution in [0.25, 0.3) is 0 Å². The predicted molar refractivity (Wildman–Crippen MR) is 150 cm³/mol. The molecule has 0 saturated carbocycles. The van der Waals surface area contributed by atoms with E-state index in [1.54, 1.807) is 0 Å². The number of aromatic nitrogens is 8. The van der Waals surface area contributed by atoms with E-state index in [-0.39, 0.29) is 17.1 Å². The topological polar surface area (TPSA) is 105 Å². The summed E-state index contributed by atoms with van der Waals surface area (Å²) in [4.78, 5) is 0. The van der Waals surface area contributed by atoms with Crippen LogP contribution in [0.1, 0.15) is 45.6 Å². The van der Waals surface area contributed by atoms with E-state index in [0.29, 0.717) is 13.3 Å². The van der Waals surface area contributed by atoms with Crippen molar-refractivity contribution in [2.75, 3.05) is 0 Å². The quantitative estimate of drug-likeness (QED) is 0.109. The van der Waals surface area contributed by atoms with Gasteiger partial charge in [0.15, 0.2) is 0 Å². The van der Waals surface area contributed by atoms with Crippen LogP contribution in [0.3, 0.4) is 0 Å². The Morgan fingerprint density at radius 2 is 0.783 bits per heavy atom. The number of nitrogens with one attached hydrogen (secondary N) is 3. The molecule has 4 aromatic rings. The Labute approximate surface area is 266 Å². The molecule has 0 fully saturated rings. The molecular formula is C22H35CuF12N9P2. The fourth-order valence-corrected chi connectivity index (χ4v) is 3.04. The summed E-state index contributed by atoms with van der Waals surface area (Å²) in [6, 6.07) is 8.15. The maximum absolute atomic E-state index is 10.7. The first-order valence-electron chi connectivity index (χ1n) is 12.4. The molecule has 1 radical (unpaired) electrons. The number of rotatable bonds is 4. The van der Waals surface area contributed by atoms with E-state index in [1.165, 1.54) is 11.4 Å². The van der Waals surface area contributed by atoms with E-state index in [9.17, 15) is 50.4 Å². The van der Waals surface area contributed by atoms with Crippen molar-refractivity contribution in [3.05, 3.63) is 69.8 Å². The fraction of sp³-hybridized carbons (Fsp3) is 0.455. The van der Waals surface area contributed by atoms with Gasteiger partial charge in [0.2, 0.25) is 0 Å². The first-order chi connectivity index (χ1) is 19.5. The zero-order valence-electron chi connectivity index (χ0n) is 25.6. The third-order valence-electron chi connectivity index (χ3n) is 4.40. The van der Waals surface area contributed by atoms with Gasteiger partial charge in [-0.05, 0) is 79.7 Å². The van der Waals surface area contributed by atoms with Crippen molar-refractivity contribution in [1.29, 1.82) is 0 Å². The Kier molecular flexibility index (Phi) is 14.5. The second kappa shape index (κ2) is 14.6. The van der Waals surface area contributed by atoms with E-state index in [1.807, 2.05) is 63.0 Å². The Morgan fingerprint density at radius 1 is 0.522 bits per heavy atom. The SMILES string of the molecule is Cc1cc(C)[nH]n1.Cc1cc(C)[nH]n1.Cc1cc(C)n(CNCn2nc(C)cc2C)n1.F[P-](F)(F)(F)(F)F.F[P-](F)(F)(F)(F)F.[Cu+2]. The molecule has 4 rings (SSSR count). The molecule has 4 aromatic heterocycles. The van der Waals surface area contributed by atoms with Gasteiger partial charge < -0.3 is 0 Å². The van der Waals surface area contributed by atoms with Crippen LogP contribution in [0.4, 0.5) is 50.4 Å². The summed E-state index contributed by atoms with van der Waals surface area (Å²) in [5, 5.41) is 25.5. The van der Waals surface area contributed by atoms with E-state index >= 15 is 0 Å². The van der Waals surface area contributed by atoms with Gasteiger partial charge in [-0.15, -0.1) is 0 Å². The van der Waals surface area contributed by atoms with Crippen molar-refractivity contribution in [3.63, 3.8) is 0 Å². The molecule has 273 valence electrons. The summed E-state index contributed by atoms with van der Waals surface area (Å²) >= 11 is 0. The van der Waals surface area contributed by atoms with Crippen molar-refractivity contribution in [3.8, 4) is 0 Å². The number of halogens is 12. The largest absolute Gasteiger partial charge is 2.00 e. The summed E-state index contributed by atoms with van der Waals surface area (Å²) in [6.07, 6.45) is 0. The van der Waals surface area contributed by atoms with Gasteiger partial charge in [-0.1, -0.05) is 0 Å². The Balaban J connectivity index is 0. The number of nitrogens with zero attached hydrogens (tertiary/aromatic N) is 6. The van der Waals surface area contributed by atoms with Crippen LogP contribution >= 0.6 is 15.6 Å². The fourth-order valence-electron chi connectivity index (χ4n) is 3.04. The molecule has 3 N–H and O–H groups in total. The van der Waals surface area contributed by atoms with Crippen molar-refractivity contribution in [2.24, 2.45) is 0 Å². The van der Waals surface area contributed by atoms with Gasteiger partial charge >= 0.3 is 83.0 Å². The Morgan fingerprint density at radius 3 is 0.913 bits per heavy atom. The number of hydrogen-bond donors (Lipinski definition) is 3. The first-order valence-corrected chi connectivity index (χ1v) is 16.4. The number of H-pyrrole nitrogens is 2. The molecule has 0 unspecified atom stereocenters. The normalized spacial score (nSPS) is 14.0. The van der Waals surface area contributed by atoms with Crippen LogP contribution in [0.15, 0.2) is 24.3 Å². The standard InChI is InChI=1S/C12H19N5.2C5H8N2.Cu.2F6P/c1-9-5-11(3)16(14-9)7-13-8-17-12(4)6-10(2)15-17;2*1-4-3-5(2)7-6-4;;2*1-7(2,3,4,5)6/h5-6,13H,7-8H2,1-4H3;2*3H,1-2H3,(H,6,7);;;/q;;;+2;2*-1. The second-order valence-electron chi connectivity index (χ2n) is 9.72.